The molecule has 1 rings (SSSR count). The second-order valence-electron chi connectivity index (χ2n) is 3.90. The van der Waals surface area contributed by atoms with Gasteiger partial charge < -0.3 is 10.2 Å². The molecule has 0 atom stereocenters. The van der Waals surface area contributed by atoms with Gasteiger partial charge in [-0.3, -0.25) is 9.59 Å². The highest BCUT2D eigenvalue weighted by Gasteiger charge is 2.21. The molecule has 88 valence electrons. The molecule has 16 heavy (non-hydrogen) atoms. The number of nitrogens with one attached hydrogen (secondary N) is 1. The Morgan fingerprint density at radius 2 is 1.69 bits per heavy atom. The number of amides is 2. The first kappa shape index (κ1) is 12.5. The van der Waals surface area contributed by atoms with E-state index in [2.05, 4.69) is 5.32 Å². The Bertz CT molecular complexity index is 288. The van der Waals surface area contributed by atoms with Crippen LogP contribution in [-0.2, 0) is 9.59 Å². The third-order valence-corrected chi connectivity index (χ3v) is 2.67. The third kappa shape index (κ3) is 3.89. The summed E-state index contributed by atoms with van der Waals surface area (Å²) in [5.74, 6) is -1.17. The lowest BCUT2D eigenvalue weighted by Crippen LogP contribution is -2.44. The van der Waals surface area contributed by atoms with Gasteiger partial charge in [0.15, 0.2) is 0 Å². The predicted octanol–water partition coefficient (Wildman–Crippen LogP) is 0.419. The number of nitrogens with zero attached hydrogens (tertiary/aromatic N) is 2. The fourth-order valence-corrected chi connectivity index (χ4v) is 1.79. The molecule has 0 spiro atoms. The lowest BCUT2D eigenvalue weighted by Gasteiger charge is -2.23. The summed E-state index contributed by atoms with van der Waals surface area (Å²) in [4.78, 5) is 24.6. The monoisotopic (exact) mass is 223 g/mol. The molecule has 5 heteroatoms. The highest BCUT2D eigenvalue weighted by atomic mass is 16.2. The Morgan fingerprint density at radius 3 is 2.25 bits per heavy atom. The van der Waals surface area contributed by atoms with E-state index in [9.17, 15) is 9.59 Å². The molecular formula is C11H17N3O2. The summed E-state index contributed by atoms with van der Waals surface area (Å²) < 4.78 is 0. The second kappa shape index (κ2) is 6.83. The summed E-state index contributed by atoms with van der Waals surface area (Å²) in [5.41, 5.74) is 0. The van der Waals surface area contributed by atoms with Gasteiger partial charge in [-0.25, -0.2) is 0 Å². The number of carbonyl (C=O) groups is 2. The Morgan fingerprint density at radius 1 is 1.12 bits per heavy atom. The van der Waals surface area contributed by atoms with Gasteiger partial charge in [0, 0.05) is 13.1 Å². The van der Waals surface area contributed by atoms with Gasteiger partial charge in [0.1, 0.15) is 6.54 Å². The van der Waals surface area contributed by atoms with Crippen molar-refractivity contribution in [3.63, 3.8) is 0 Å². The van der Waals surface area contributed by atoms with Gasteiger partial charge in [0.25, 0.3) is 0 Å². The Kier molecular flexibility index (Phi) is 5.34. The zero-order valence-electron chi connectivity index (χ0n) is 9.37. The van der Waals surface area contributed by atoms with Crippen LogP contribution >= 0.6 is 0 Å². The van der Waals surface area contributed by atoms with Crippen LogP contribution in [0.3, 0.4) is 0 Å². The van der Waals surface area contributed by atoms with Crippen molar-refractivity contribution >= 4 is 11.8 Å². The molecule has 0 bridgehead atoms. The molecule has 1 fully saturated rings. The van der Waals surface area contributed by atoms with E-state index >= 15 is 0 Å². The fourth-order valence-electron chi connectivity index (χ4n) is 1.79. The van der Waals surface area contributed by atoms with E-state index in [1.807, 2.05) is 0 Å². The van der Waals surface area contributed by atoms with Gasteiger partial charge in [0.2, 0.25) is 0 Å². The zero-order valence-corrected chi connectivity index (χ0v) is 9.37. The third-order valence-electron chi connectivity index (χ3n) is 2.67. The van der Waals surface area contributed by atoms with E-state index < -0.39 is 11.8 Å². The van der Waals surface area contributed by atoms with E-state index in [1.54, 1.807) is 11.0 Å². The Balaban J connectivity index is 2.44. The number of carbonyl (C=O) groups excluding carboxylic acids is 2. The van der Waals surface area contributed by atoms with Gasteiger partial charge >= 0.3 is 11.8 Å². The molecule has 0 aromatic heterocycles. The summed E-state index contributed by atoms with van der Waals surface area (Å²) in [5, 5.41) is 10.6. The Labute approximate surface area is 95.4 Å². The van der Waals surface area contributed by atoms with Crippen molar-refractivity contribution in [3.05, 3.63) is 0 Å². The first-order valence-corrected chi connectivity index (χ1v) is 5.70. The topological polar surface area (TPSA) is 73.2 Å². The van der Waals surface area contributed by atoms with Crippen LogP contribution in [0.1, 0.15) is 32.1 Å². The standard InChI is InChI=1S/C11H17N3O2/c12-6-7-13-10(15)11(16)14-8-4-2-1-3-5-9-14/h1-5,7-9H2,(H,13,15). The molecule has 1 aliphatic rings. The molecule has 1 aliphatic heterocycles. The van der Waals surface area contributed by atoms with Crippen LogP contribution in [0.4, 0.5) is 0 Å². The van der Waals surface area contributed by atoms with E-state index in [4.69, 9.17) is 5.26 Å². The van der Waals surface area contributed by atoms with Crippen LogP contribution in [0, 0.1) is 11.3 Å². The number of hydrogen-bond acceptors (Lipinski definition) is 3. The quantitative estimate of drug-likeness (QED) is 0.517. The number of likely N-dealkylation sites (tertiary alicyclic amines) is 1. The van der Waals surface area contributed by atoms with Crippen molar-refractivity contribution < 1.29 is 9.59 Å². The molecule has 1 heterocycles. The first-order chi connectivity index (χ1) is 7.75. The minimum absolute atomic E-state index is 0.113. The lowest BCUT2D eigenvalue weighted by molar-refractivity contribution is -0.145. The molecule has 0 aliphatic carbocycles. The average molecular weight is 223 g/mol. The molecule has 0 aromatic carbocycles. The minimum atomic E-state index is -0.665. The van der Waals surface area contributed by atoms with Gasteiger partial charge in [-0.2, -0.15) is 5.26 Å². The van der Waals surface area contributed by atoms with Gasteiger partial charge in [-0.15, -0.1) is 0 Å². The van der Waals surface area contributed by atoms with E-state index in [0.717, 1.165) is 25.7 Å². The van der Waals surface area contributed by atoms with Crippen molar-refractivity contribution in [1.82, 2.24) is 10.2 Å². The molecule has 0 saturated carbocycles. The maximum atomic E-state index is 11.7. The summed E-state index contributed by atoms with van der Waals surface area (Å²) in [6.07, 6.45) is 5.35. The summed E-state index contributed by atoms with van der Waals surface area (Å²) in [7, 11) is 0. The Hall–Kier alpha value is -1.57. The van der Waals surface area contributed by atoms with Gasteiger partial charge in [-0.05, 0) is 12.8 Å². The van der Waals surface area contributed by atoms with Crippen molar-refractivity contribution in [2.24, 2.45) is 0 Å². The highest BCUT2D eigenvalue weighted by Crippen LogP contribution is 2.10. The smallest absolute Gasteiger partial charge is 0.311 e. The molecule has 2 amide bonds. The van der Waals surface area contributed by atoms with Crippen molar-refractivity contribution in [2.75, 3.05) is 19.6 Å². The van der Waals surface area contributed by atoms with Crippen LogP contribution in [-0.4, -0.2) is 36.3 Å². The molecule has 0 unspecified atom stereocenters. The SMILES string of the molecule is N#CCNC(=O)C(=O)N1CCCCCCC1. The maximum Gasteiger partial charge on any atom is 0.311 e. The average Bonchev–Trinajstić information content (AvgIpc) is 2.24. The highest BCUT2D eigenvalue weighted by molar-refractivity contribution is 6.35. The lowest BCUT2D eigenvalue weighted by atomic mass is 10.1. The second-order valence-corrected chi connectivity index (χ2v) is 3.90. The molecule has 0 radical (unpaired) electrons. The molecule has 5 nitrogen and oxygen atoms in total. The number of hydrogen-bond donors (Lipinski definition) is 1. The molecular weight excluding hydrogens is 206 g/mol. The maximum absolute atomic E-state index is 11.7. The van der Waals surface area contributed by atoms with Gasteiger partial charge in [-0.1, -0.05) is 19.3 Å². The molecule has 1 N–H and O–H groups in total. The van der Waals surface area contributed by atoms with Crippen molar-refractivity contribution in [1.29, 1.82) is 5.26 Å². The van der Waals surface area contributed by atoms with Crippen LogP contribution in [0.5, 0.6) is 0 Å². The summed E-state index contributed by atoms with van der Waals surface area (Å²) >= 11 is 0. The van der Waals surface area contributed by atoms with Crippen molar-refractivity contribution in [3.8, 4) is 6.07 Å². The fraction of sp³-hybridized carbons (Fsp3) is 0.727. The molecule has 1 saturated heterocycles. The van der Waals surface area contributed by atoms with E-state index in [-0.39, 0.29) is 6.54 Å². The summed E-state index contributed by atoms with van der Waals surface area (Å²) in [6.45, 7) is 1.19. The van der Waals surface area contributed by atoms with Gasteiger partial charge in [0.05, 0.1) is 6.07 Å². The van der Waals surface area contributed by atoms with Crippen LogP contribution < -0.4 is 5.32 Å². The number of nitriles is 1. The summed E-state index contributed by atoms with van der Waals surface area (Å²) in [6, 6.07) is 1.78. The first-order valence-electron chi connectivity index (χ1n) is 5.70. The van der Waals surface area contributed by atoms with E-state index in [0.29, 0.717) is 13.1 Å². The molecule has 0 aromatic rings. The normalized spacial score (nSPS) is 16.8. The van der Waals surface area contributed by atoms with E-state index in [1.165, 1.54) is 6.42 Å². The van der Waals surface area contributed by atoms with Crippen LogP contribution in [0.15, 0.2) is 0 Å². The van der Waals surface area contributed by atoms with Crippen LogP contribution in [0.25, 0.3) is 0 Å². The number of rotatable bonds is 1. The van der Waals surface area contributed by atoms with Crippen LogP contribution in [0.2, 0.25) is 0 Å². The predicted molar refractivity (Wildman–Crippen MR) is 58.3 cm³/mol. The zero-order chi connectivity index (χ0) is 11.8. The largest absolute Gasteiger partial charge is 0.335 e. The minimum Gasteiger partial charge on any atom is -0.335 e. The van der Waals surface area contributed by atoms with Crippen molar-refractivity contribution in [2.45, 2.75) is 32.1 Å².